The minimum atomic E-state index is 0.812. The summed E-state index contributed by atoms with van der Waals surface area (Å²) in [6.07, 6.45) is 1.56. The second kappa shape index (κ2) is 4.47. The number of hydrogen-bond donors (Lipinski definition) is 0. The molecule has 0 aliphatic rings. The van der Waals surface area contributed by atoms with Crippen LogP contribution in [0.4, 0.5) is 0 Å². The Morgan fingerprint density at radius 3 is 2.00 bits per heavy atom. The molecule has 0 saturated carbocycles. The normalized spacial score (nSPS) is 9.60. The smallest absolute Gasteiger partial charge is 0.127 e. The lowest BCUT2D eigenvalue weighted by atomic mass is 10.2. The van der Waals surface area contributed by atoms with Gasteiger partial charge in [0, 0.05) is 0 Å². The van der Waals surface area contributed by atoms with Crippen LogP contribution in [0, 0.1) is 6.58 Å². The number of ether oxygens (including phenoxy) is 1. The molecule has 0 aromatic heterocycles. The van der Waals surface area contributed by atoms with Gasteiger partial charge in [-0.05, 0) is 29.8 Å². The van der Waals surface area contributed by atoms with Crippen molar-refractivity contribution < 1.29 is 4.74 Å². The Labute approximate surface area is 89.6 Å². The van der Waals surface area contributed by atoms with Gasteiger partial charge >= 0.3 is 0 Å². The molecule has 1 radical (unpaired) electrons. The van der Waals surface area contributed by atoms with Gasteiger partial charge in [0.15, 0.2) is 0 Å². The molecule has 2 aromatic carbocycles. The molecular formula is C14H11O. The lowest BCUT2D eigenvalue weighted by Gasteiger charge is -2.04. The van der Waals surface area contributed by atoms with Crippen molar-refractivity contribution in [1.29, 1.82) is 0 Å². The van der Waals surface area contributed by atoms with Crippen LogP contribution in [0.25, 0.3) is 6.08 Å². The Bertz CT molecular complexity index is 429. The van der Waals surface area contributed by atoms with Crippen LogP contribution >= 0.6 is 0 Å². The predicted molar refractivity (Wildman–Crippen MR) is 61.7 cm³/mol. The topological polar surface area (TPSA) is 9.23 Å². The highest BCUT2D eigenvalue weighted by Crippen LogP contribution is 2.21. The fourth-order valence-corrected chi connectivity index (χ4v) is 1.27. The van der Waals surface area contributed by atoms with Crippen molar-refractivity contribution in [2.45, 2.75) is 0 Å². The molecule has 0 aliphatic carbocycles. The molecular weight excluding hydrogens is 184 g/mol. The van der Waals surface area contributed by atoms with Crippen molar-refractivity contribution in [2.24, 2.45) is 0 Å². The van der Waals surface area contributed by atoms with E-state index in [4.69, 9.17) is 11.3 Å². The van der Waals surface area contributed by atoms with E-state index in [2.05, 4.69) is 0 Å². The fraction of sp³-hybridized carbons (Fsp3) is 0. The van der Waals surface area contributed by atoms with Crippen LogP contribution < -0.4 is 4.74 Å². The molecule has 0 bridgehead atoms. The van der Waals surface area contributed by atoms with Crippen molar-refractivity contribution in [2.75, 3.05) is 0 Å². The molecule has 0 atom stereocenters. The summed E-state index contributed by atoms with van der Waals surface area (Å²) in [6.45, 7) is 5.39. The van der Waals surface area contributed by atoms with E-state index in [1.54, 1.807) is 6.08 Å². The first-order chi connectivity index (χ1) is 7.38. The SMILES string of the molecule is [CH]=Cc1ccc(Oc2ccccc2)cc1. The molecule has 15 heavy (non-hydrogen) atoms. The molecule has 0 aliphatic heterocycles. The van der Waals surface area contributed by atoms with Gasteiger partial charge in [-0.1, -0.05) is 43.0 Å². The highest BCUT2D eigenvalue weighted by Gasteiger charge is 1.95. The van der Waals surface area contributed by atoms with Gasteiger partial charge in [0.2, 0.25) is 0 Å². The van der Waals surface area contributed by atoms with Crippen molar-refractivity contribution in [1.82, 2.24) is 0 Å². The minimum absolute atomic E-state index is 0.812. The third-order valence-electron chi connectivity index (χ3n) is 2.05. The van der Waals surface area contributed by atoms with Gasteiger partial charge in [0.1, 0.15) is 11.5 Å². The van der Waals surface area contributed by atoms with Gasteiger partial charge < -0.3 is 4.74 Å². The fourth-order valence-electron chi connectivity index (χ4n) is 1.27. The Morgan fingerprint density at radius 2 is 1.40 bits per heavy atom. The number of rotatable bonds is 3. The molecule has 2 rings (SSSR count). The van der Waals surface area contributed by atoms with Crippen LogP contribution in [0.5, 0.6) is 11.5 Å². The molecule has 0 amide bonds. The Morgan fingerprint density at radius 1 is 0.800 bits per heavy atom. The monoisotopic (exact) mass is 195 g/mol. The van der Waals surface area contributed by atoms with Crippen molar-refractivity contribution >= 4 is 6.08 Å². The van der Waals surface area contributed by atoms with Gasteiger partial charge in [-0.25, -0.2) is 0 Å². The van der Waals surface area contributed by atoms with Crippen molar-refractivity contribution in [3.8, 4) is 11.5 Å². The maximum atomic E-state index is 5.62. The summed E-state index contributed by atoms with van der Waals surface area (Å²) in [5.74, 6) is 1.65. The summed E-state index contributed by atoms with van der Waals surface area (Å²) < 4.78 is 5.62. The quantitative estimate of drug-likeness (QED) is 0.721. The molecule has 0 fully saturated rings. The first-order valence-electron chi connectivity index (χ1n) is 4.76. The molecule has 0 unspecified atom stereocenters. The molecule has 0 saturated heterocycles. The Kier molecular flexibility index (Phi) is 2.84. The van der Waals surface area contributed by atoms with Gasteiger partial charge in [-0.3, -0.25) is 0 Å². The zero-order valence-electron chi connectivity index (χ0n) is 8.26. The third-order valence-corrected chi connectivity index (χ3v) is 2.05. The lowest BCUT2D eigenvalue weighted by molar-refractivity contribution is 0.482. The molecule has 73 valence electrons. The number of benzene rings is 2. The van der Waals surface area contributed by atoms with Crippen LogP contribution in [-0.2, 0) is 0 Å². The van der Waals surface area contributed by atoms with Gasteiger partial charge in [0.25, 0.3) is 0 Å². The van der Waals surface area contributed by atoms with E-state index in [1.807, 2.05) is 54.6 Å². The van der Waals surface area contributed by atoms with Crippen LogP contribution in [0.2, 0.25) is 0 Å². The zero-order chi connectivity index (χ0) is 10.5. The van der Waals surface area contributed by atoms with Crippen LogP contribution in [0.15, 0.2) is 54.6 Å². The summed E-state index contributed by atoms with van der Waals surface area (Å²) in [6, 6.07) is 17.3. The standard InChI is InChI=1S/C14H11O/c1-2-12-8-10-14(11-9-12)15-13-6-4-3-5-7-13/h1-11H. The zero-order valence-corrected chi connectivity index (χ0v) is 8.26. The third kappa shape index (κ3) is 2.47. The van der Waals surface area contributed by atoms with Crippen LogP contribution in [-0.4, -0.2) is 0 Å². The van der Waals surface area contributed by atoms with E-state index in [9.17, 15) is 0 Å². The van der Waals surface area contributed by atoms with Crippen molar-refractivity contribution in [3.05, 3.63) is 66.7 Å². The molecule has 0 N–H and O–H groups in total. The van der Waals surface area contributed by atoms with E-state index in [0.717, 1.165) is 17.1 Å². The highest BCUT2D eigenvalue weighted by atomic mass is 16.5. The van der Waals surface area contributed by atoms with Gasteiger partial charge in [-0.15, -0.1) is 0 Å². The lowest BCUT2D eigenvalue weighted by Crippen LogP contribution is -1.83. The summed E-state index contributed by atoms with van der Waals surface area (Å²) in [7, 11) is 0. The summed E-state index contributed by atoms with van der Waals surface area (Å²) in [5, 5.41) is 0. The van der Waals surface area contributed by atoms with Crippen LogP contribution in [0.1, 0.15) is 5.56 Å². The molecule has 2 aromatic rings. The van der Waals surface area contributed by atoms with E-state index < -0.39 is 0 Å². The maximum Gasteiger partial charge on any atom is 0.127 e. The molecule has 0 heterocycles. The average molecular weight is 195 g/mol. The van der Waals surface area contributed by atoms with Gasteiger partial charge in [-0.2, -0.15) is 0 Å². The van der Waals surface area contributed by atoms with Crippen LogP contribution in [0.3, 0.4) is 0 Å². The Hall–Kier alpha value is -2.02. The molecule has 1 nitrogen and oxygen atoms in total. The second-order valence-electron chi connectivity index (χ2n) is 3.15. The minimum Gasteiger partial charge on any atom is -0.457 e. The molecule has 0 spiro atoms. The first-order valence-corrected chi connectivity index (χ1v) is 4.76. The van der Waals surface area contributed by atoms with E-state index in [1.165, 1.54) is 0 Å². The van der Waals surface area contributed by atoms with E-state index in [-0.39, 0.29) is 0 Å². The highest BCUT2D eigenvalue weighted by molar-refractivity contribution is 5.47. The van der Waals surface area contributed by atoms with E-state index in [0.29, 0.717) is 0 Å². The number of hydrogen-bond acceptors (Lipinski definition) is 1. The number of para-hydroxylation sites is 1. The predicted octanol–water partition coefficient (Wildman–Crippen LogP) is 3.93. The average Bonchev–Trinajstić information content (AvgIpc) is 2.31. The maximum absolute atomic E-state index is 5.62. The van der Waals surface area contributed by atoms with Crippen molar-refractivity contribution in [3.63, 3.8) is 0 Å². The summed E-state index contributed by atoms with van der Waals surface area (Å²) >= 11 is 0. The van der Waals surface area contributed by atoms with E-state index >= 15 is 0 Å². The van der Waals surface area contributed by atoms with Gasteiger partial charge in [0.05, 0.1) is 0 Å². The first kappa shape index (κ1) is 9.53. The Balaban J connectivity index is 2.15. The second-order valence-corrected chi connectivity index (χ2v) is 3.15. The summed E-state index contributed by atoms with van der Waals surface area (Å²) in [5.41, 5.74) is 0.982. The molecule has 1 heteroatoms. The summed E-state index contributed by atoms with van der Waals surface area (Å²) in [4.78, 5) is 0. The largest absolute Gasteiger partial charge is 0.457 e.